The first kappa shape index (κ1) is 17.2. The number of allylic oxidation sites excluding steroid dienone is 1. The zero-order chi connectivity index (χ0) is 15.3. The smallest absolute Gasteiger partial charge is 0.336 e. The van der Waals surface area contributed by atoms with Crippen molar-refractivity contribution < 1.29 is 19.0 Å². The third-order valence-corrected chi connectivity index (χ3v) is 7.40. The van der Waals surface area contributed by atoms with Gasteiger partial charge in [0.25, 0.3) is 0 Å². The average Bonchev–Trinajstić information content (AvgIpc) is 2.84. The highest BCUT2D eigenvalue weighted by molar-refractivity contribution is 8.17. The minimum Gasteiger partial charge on any atom is -0.459 e. The first-order valence-corrected chi connectivity index (χ1v) is 9.35. The zero-order valence-corrected chi connectivity index (χ0v) is 14.6. The van der Waals surface area contributed by atoms with E-state index in [2.05, 4.69) is 13.8 Å². The molecule has 0 bridgehead atoms. The van der Waals surface area contributed by atoms with Crippen molar-refractivity contribution in [1.29, 1.82) is 0 Å². The van der Waals surface area contributed by atoms with E-state index in [-0.39, 0.29) is 24.3 Å². The van der Waals surface area contributed by atoms with Crippen molar-refractivity contribution >= 4 is 29.5 Å². The molecule has 4 nitrogen and oxygen atoms in total. The summed E-state index contributed by atoms with van der Waals surface area (Å²) in [7, 11) is 1.57. The van der Waals surface area contributed by atoms with Gasteiger partial charge in [-0.15, -0.1) is 23.5 Å². The molecule has 0 aromatic carbocycles. The second kappa shape index (κ2) is 7.90. The Kier molecular flexibility index (Phi) is 6.47. The first-order chi connectivity index (χ1) is 10.0. The summed E-state index contributed by atoms with van der Waals surface area (Å²) in [6, 6.07) is 0. The molecule has 2 aliphatic rings. The van der Waals surface area contributed by atoms with Gasteiger partial charge in [0.2, 0.25) is 0 Å². The predicted molar refractivity (Wildman–Crippen MR) is 87.5 cm³/mol. The van der Waals surface area contributed by atoms with E-state index in [0.717, 1.165) is 6.42 Å². The summed E-state index contributed by atoms with van der Waals surface area (Å²) in [6.45, 7) is 5.01. The molecule has 0 aliphatic carbocycles. The van der Waals surface area contributed by atoms with Crippen LogP contribution >= 0.6 is 23.5 Å². The van der Waals surface area contributed by atoms with Crippen LogP contribution in [0.15, 0.2) is 11.6 Å². The second-order valence-electron chi connectivity index (χ2n) is 5.94. The van der Waals surface area contributed by atoms with Crippen LogP contribution in [0, 0.1) is 5.41 Å². The number of rotatable bonds is 6. The van der Waals surface area contributed by atoms with Gasteiger partial charge in [-0.25, -0.2) is 4.79 Å². The van der Waals surface area contributed by atoms with Gasteiger partial charge in [0.15, 0.2) is 0 Å². The third kappa shape index (κ3) is 4.65. The molecule has 0 spiro atoms. The molecular weight excluding hydrogens is 308 g/mol. The van der Waals surface area contributed by atoms with E-state index < -0.39 is 0 Å². The van der Waals surface area contributed by atoms with Crippen LogP contribution in [-0.2, 0) is 19.0 Å². The van der Waals surface area contributed by atoms with Gasteiger partial charge in [-0.2, -0.15) is 0 Å². The maximum atomic E-state index is 11.8. The Morgan fingerprint density at radius 3 is 2.76 bits per heavy atom. The number of hydrogen-bond donors (Lipinski definition) is 0. The standard InChI is InChI=1S/C15H24O4S2/c1-15(2,14-20-7-4-8-21-14)6-5-11-12(19-10-17-3)9-18-13(11)16/h5,12,14H,4,6-10H2,1-3H3/b11-5+/t12-/m1/s1. The maximum absolute atomic E-state index is 11.8. The molecule has 0 radical (unpaired) electrons. The summed E-state index contributed by atoms with van der Waals surface area (Å²) in [5.74, 6) is 2.22. The molecule has 21 heavy (non-hydrogen) atoms. The van der Waals surface area contributed by atoms with Gasteiger partial charge in [0.1, 0.15) is 19.5 Å². The molecule has 0 aromatic rings. The molecule has 0 aromatic heterocycles. The molecule has 2 heterocycles. The van der Waals surface area contributed by atoms with Crippen LogP contribution < -0.4 is 0 Å². The predicted octanol–water partition coefficient (Wildman–Crippen LogP) is 3.07. The van der Waals surface area contributed by atoms with E-state index in [1.807, 2.05) is 29.6 Å². The van der Waals surface area contributed by atoms with Crippen molar-refractivity contribution in [3.63, 3.8) is 0 Å². The number of ether oxygens (including phenoxy) is 3. The summed E-state index contributed by atoms with van der Waals surface area (Å²) in [5.41, 5.74) is 0.795. The van der Waals surface area contributed by atoms with Crippen molar-refractivity contribution in [3.05, 3.63) is 11.6 Å². The monoisotopic (exact) mass is 332 g/mol. The van der Waals surface area contributed by atoms with Gasteiger partial charge in [0.05, 0.1) is 10.2 Å². The summed E-state index contributed by atoms with van der Waals surface area (Å²) < 4.78 is 16.1. The van der Waals surface area contributed by atoms with E-state index in [9.17, 15) is 4.79 Å². The molecule has 2 aliphatic heterocycles. The Labute approximate surface area is 135 Å². The lowest BCUT2D eigenvalue weighted by Crippen LogP contribution is -2.27. The van der Waals surface area contributed by atoms with Crippen LogP contribution in [0.5, 0.6) is 0 Å². The van der Waals surface area contributed by atoms with Gasteiger partial charge in [-0.3, -0.25) is 0 Å². The SMILES string of the molecule is COCO[C@@H]1COC(=O)/C1=C/CC(C)(C)C1SCCCS1. The van der Waals surface area contributed by atoms with Crippen LogP contribution in [0.2, 0.25) is 0 Å². The Bertz CT molecular complexity index is 389. The van der Waals surface area contributed by atoms with E-state index in [4.69, 9.17) is 14.2 Å². The van der Waals surface area contributed by atoms with Gasteiger partial charge >= 0.3 is 5.97 Å². The second-order valence-corrected chi connectivity index (χ2v) is 8.66. The fraction of sp³-hybridized carbons (Fsp3) is 0.800. The topological polar surface area (TPSA) is 44.8 Å². The van der Waals surface area contributed by atoms with Crippen LogP contribution in [0.4, 0.5) is 0 Å². The summed E-state index contributed by atoms with van der Waals surface area (Å²) in [4.78, 5) is 11.8. The molecule has 6 heteroatoms. The molecule has 1 atom stereocenters. The van der Waals surface area contributed by atoms with Gasteiger partial charge in [0, 0.05) is 7.11 Å². The largest absolute Gasteiger partial charge is 0.459 e. The van der Waals surface area contributed by atoms with Crippen LogP contribution in [0.1, 0.15) is 26.7 Å². The van der Waals surface area contributed by atoms with Gasteiger partial charge in [-0.05, 0) is 29.8 Å². The van der Waals surface area contributed by atoms with E-state index in [1.165, 1.54) is 17.9 Å². The van der Waals surface area contributed by atoms with E-state index >= 15 is 0 Å². The average molecular weight is 332 g/mol. The van der Waals surface area contributed by atoms with E-state index in [0.29, 0.717) is 16.8 Å². The summed E-state index contributed by atoms with van der Waals surface area (Å²) in [6.07, 6.45) is 3.86. The lowest BCUT2D eigenvalue weighted by molar-refractivity contribution is -0.135. The molecule has 2 rings (SSSR count). The highest BCUT2D eigenvalue weighted by atomic mass is 32.2. The minimum atomic E-state index is -0.292. The summed E-state index contributed by atoms with van der Waals surface area (Å²) >= 11 is 4.07. The molecule has 0 unspecified atom stereocenters. The third-order valence-electron chi connectivity index (χ3n) is 3.65. The van der Waals surface area contributed by atoms with Gasteiger partial charge in [-0.1, -0.05) is 19.9 Å². The Morgan fingerprint density at radius 1 is 1.38 bits per heavy atom. The molecule has 120 valence electrons. The molecule has 0 N–H and O–H groups in total. The minimum absolute atomic E-state index is 0.150. The fourth-order valence-electron chi connectivity index (χ4n) is 2.37. The Balaban J connectivity index is 1.98. The molecular formula is C15H24O4S2. The first-order valence-electron chi connectivity index (χ1n) is 7.25. The maximum Gasteiger partial charge on any atom is 0.336 e. The van der Waals surface area contributed by atoms with Gasteiger partial charge < -0.3 is 14.2 Å². The number of carbonyl (C=O) groups is 1. The van der Waals surface area contributed by atoms with Crippen molar-refractivity contribution in [2.75, 3.05) is 32.0 Å². The van der Waals surface area contributed by atoms with Crippen molar-refractivity contribution in [3.8, 4) is 0 Å². The lowest BCUT2D eigenvalue weighted by atomic mass is 9.90. The number of methoxy groups -OCH3 is 1. The molecule has 2 saturated heterocycles. The quantitative estimate of drug-likeness (QED) is 0.423. The Hall–Kier alpha value is -0.170. The van der Waals surface area contributed by atoms with Crippen molar-refractivity contribution in [2.45, 2.75) is 37.4 Å². The Morgan fingerprint density at radius 2 is 2.10 bits per heavy atom. The number of cyclic esters (lactones) is 1. The van der Waals surface area contributed by atoms with E-state index in [1.54, 1.807) is 7.11 Å². The van der Waals surface area contributed by atoms with Crippen LogP contribution in [0.25, 0.3) is 0 Å². The number of esters is 1. The molecule has 0 amide bonds. The molecule has 2 fully saturated rings. The van der Waals surface area contributed by atoms with Crippen molar-refractivity contribution in [1.82, 2.24) is 0 Å². The number of carbonyl (C=O) groups excluding carboxylic acids is 1. The number of hydrogen-bond acceptors (Lipinski definition) is 6. The molecule has 0 saturated carbocycles. The highest BCUT2D eigenvalue weighted by Crippen LogP contribution is 2.45. The highest BCUT2D eigenvalue weighted by Gasteiger charge is 2.35. The van der Waals surface area contributed by atoms with Crippen molar-refractivity contribution in [2.24, 2.45) is 5.41 Å². The normalized spacial score (nSPS) is 26.3. The van der Waals surface area contributed by atoms with Crippen LogP contribution in [0.3, 0.4) is 0 Å². The number of thioether (sulfide) groups is 2. The van der Waals surface area contributed by atoms with Crippen LogP contribution in [-0.4, -0.2) is 48.7 Å². The summed E-state index contributed by atoms with van der Waals surface area (Å²) in [5, 5.41) is 0. The lowest BCUT2D eigenvalue weighted by Gasteiger charge is -2.35. The zero-order valence-electron chi connectivity index (χ0n) is 12.9. The fourth-order valence-corrected chi connectivity index (χ4v) is 5.66.